The Hall–Kier alpha value is -0.160. The number of rotatable bonds is 4. The summed E-state index contributed by atoms with van der Waals surface area (Å²) in [5.41, 5.74) is 0. The van der Waals surface area contributed by atoms with Gasteiger partial charge in [-0.3, -0.25) is 0 Å². The van der Waals surface area contributed by atoms with E-state index in [4.69, 9.17) is 20.3 Å². The molecule has 0 aromatic carbocycles. The molecule has 4 nitrogen and oxygen atoms in total. The van der Waals surface area contributed by atoms with Crippen molar-refractivity contribution >= 4 is 0 Å². The van der Waals surface area contributed by atoms with Gasteiger partial charge in [-0.25, -0.2) is 0 Å². The fourth-order valence-corrected chi connectivity index (χ4v) is 1.24. The highest BCUT2D eigenvalue weighted by molar-refractivity contribution is 4.71. The first-order valence-corrected chi connectivity index (χ1v) is 4.30. The van der Waals surface area contributed by atoms with Gasteiger partial charge in [0.15, 0.2) is 12.1 Å². The molecule has 0 radical (unpaired) electrons. The SMILES string of the molecule is [2H][C@@H](C(OC)OC)[C@H]1COC(C)(C)O1. The second kappa shape index (κ2) is 4.37. The largest absolute Gasteiger partial charge is 0.356 e. The Bertz CT molecular complexity index is 182. The van der Waals surface area contributed by atoms with Crippen molar-refractivity contribution in [2.24, 2.45) is 0 Å². The lowest BCUT2D eigenvalue weighted by molar-refractivity contribution is -0.159. The molecule has 0 N–H and O–H groups in total. The van der Waals surface area contributed by atoms with Crippen LogP contribution in [0.2, 0.25) is 0 Å². The molecular formula is C9H18O4. The summed E-state index contributed by atoms with van der Waals surface area (Å²) in [6.07, 6.45) is -1.46. The molecule has 0 aromatic rings. The second-order valence-corrected chi connectivity index (χ2v) is 3.40. The molecule has 1 aliphatic rings. The standard InChI is InChI=1S/C9H18O4/c1-9(2)12-6-7(13-9)5-8(10-3)11-4/h7-8H,5-6H2,1-4H3/t7-/m0/s1/i5D/t5-,7+/m1. The fourth-order valence-electron chi connectivity index (χ4n) is 1.24. The molecule has 1 saturated heterocycles. The summed E-state index contributed by atoms with van der Waals surface area (Å²) < 4.78 is 28.7. The van der Waals surface area contributed by atoms with Crippen molar-refractivity contribution in [2.75, 3.05) is 20.8 Å². The lowest BCUT2D eigenvalue weighted by atomic mass is 10.2. The van der Waals surface area contributed by atoms with E-state index >= 15 is 0 Å². The van der Waals surface area contributed by atoms with E-state index in [0.29, 0.717) is 6.61 Å². The van der Waals surface area contributed by atoms with Gasteiger partial charge in [0.05, 0.1) is 12.7 Å². The van der Waals surface area contributed by atoms with E-state index in [9.17, 15) is 0 Å². The van der Waals surface area contributed by atoms with E-state index in [0.717, 1.165) is 0 Å². The Kier molecular flexibility index (Phi) is 3.16. The van der Waals surface area contributed by atoms with Crippen molar-refractivity contribution in [2.45, 2.75) is 38.4 Å². The number of hydrogen-bond donors (Lipinski definition) is 0. The Morgan fingerprint density at radius 2 is 2.15 bits per heavy atom. The molecule has 2 atom stereocenters. The van der Waals surface area contributed by atoms with Crippen LogP contribution in [0.25, 0.3) is 0 Å². The number of ether oxygens (including phenoxy) is 4. The van der Waals surface area contributed by atoms with E-state index < -0.39 is 18.5 Å². The molecule has 1 rings (SSSR count). The minimum atomic E-state index is -0.601. The van der Waals surface area contributed by atoms with Crippen molar-refractivity contribution < 1.29 is 20.3 Å². The van der Waals surface area contributed by atoms with E-state index in [-0.39, 0.29) is 6.10 Å². The summed E-state index contributed by atoms with van der Waals surface area (Å²) in [6.45, 7) is 4.06. The quantitative estimate of drug-likeness (QED) is 0.624. The minimum absolute atomic E-state index is 0.296. The van der Waals surface area contributed by atoms with Crippen molar-refractivity contribution in [3.05, 3.63) is 0 Å². The lowest BCUT2D eigenvalue weighted by Crippen LogP contribution is -2.25. The zero-order chi connectivity index (χ0) is 10.8. The molecule has 4 heteroatoms. The zero-order valence-electron chi connectivity index (χ0n) is 9.57. The van der Waals surface area contributed by atoms with E-state index in [1.165, 1.54) is 14.2 Å². The predicted octanol–water partition coefficient (Wildman–Crippen LogP) is 1.15. The molecule has 0 aromatic heterocycles. The van der Waals surface area contributed by atoms with Crippen LogP contribution in [-0.4, -0.2) is 39.0 Å². The molecule has 0 spiro atoms. The summed E-state index contributed by atoms with van der Waals surface area (Å²) in [6, 6.07) is 0. The molecule has 0 unspecified atom stereocenters. The van der Waals surface area contributed by atoms with Crippen molar-refractivity contribution in [3.8, 4) is 0 Å². The monoisotopic (exact) mass is 191 g/mol. The summed E-state index contributed by atoms with van der Waals surface area (Å²) >= 11 is 0. The summed E-state index contributed by atoms with van der Waals surface area (Å²) in [4.78, 5) is 0. The molecule has 0 aliphatic carbocycles. The summed E-state index contributed by atoms with van der Waals surface area (Å²) in [5, 5.41) is 0. The lowest BCUT2D eigenvalue weighted by Gasteiger charge is -2.19. The van der Waals surface area contributed by atoms with Gasteiger partial charge in [-0.15, -0.1) is 0 Å². The summed E-state index contributed by atoms with van der Waals surface area (Å²) in [7, 11) is 3.02. The summed E-state index contributed by atoms with van der Waals surface area (Å²) in [5.74, 6) is -0.601. The van der Waals surface area contributed by atoms with Crippen LogP contribution in [0.15, 0.2) is 0 Å². The number of hydrogen-bond acceptors (Lipinski definition) is 4. The maximum atomic E-state index is 7.85. The molecular weight excluding hydrogens is 172 g/mol. The van der Waals surface area contributed by atoms with Crippen LogP contribution in [0, 0.1) is 0 Å². The topological polar surface area (TPSA) is 36.9 Å². The Morgan fingerprint density at radius 1 is 1.54 bits per heavy atom. The highest BCUT2D eigenvalue weighted by Gasteiger charge is 2.33. The average molecular weight is 191 g/mol. The molecule has 0 amide bonds. The fraction of sp³-hybridized carbons (Fsp3) is 1.00. The maximum Gasteiger partial charge on any atom is 0.163 e. The second-order valence-electron chi connectivity index (χ2n) is 3.40. The average Bonchev–Trinajstić information content (AvgIpc) is 2.48. The van der Waals surface area contributed by atoms with Crippen LogP contribution < -0.4 is 0 Å². The minimum Gasteiger partial charge on any atom is -0.356 e. The van der Waals surface area contributed by atoms with Crippen molar-refractivity contribution in [1.82, 2.24) is 0 Å². The van der Waals surface area contributed by atoms with Gasteiger partial charge in [0.1, 0.15) is 0 Å². The zero-order valence-corrected chi connectivity index (χ0v) is 8.57. The van der Waals surface area contributed by atoms with Crippen LogP contribution >= 0.6 is 0 Å². The van der Waals surface area contributed by atoms with Crippen LogP contribution in [0.4, 0.5) is 0 Å². The molecule has 13 heavy (non-hydrogen) atoms. The molecule has 0 saturated carbocycles. The van der Waals surface area contributed by atoms with Gasteiger partial charge in [-0.2, -0.15) is 0 Å². The first-order chi connectivity index (χ1) is 6.50. The van der Waals surface area contributed by atoms with Crippen molar-refractivity contribution in [1.29, 1.82) is 0 Å². The molecule has 0 bridgehead atoms. The third-order valence-electron chi connectivity index (χ3n) is 1.87. The van der Waals surface area contributed by atoms with Crippen LogP contribution in [-0.2, 0) is 18.9 Å². The van der Waals surface area contributed by atoms with Gasteiger partial charge in [0.25, 0.3) is 0 Å². The third-order valence-corrected chi connectivity index (χ3v) is 1.87. The smallest absolute Gasteiger partial charge is 0.163 e. The maximum absolute atomic E-state index is 7.85. The van der Waals surface area contributed by atoms with Gasteiger partial charge in [-0.1, -0.05) is 0 Å². The molecule has 1 fully saturated rings. The molecule has 78 valence electrons. The van der Waals surface area contributed by atoms with Gasteiger partial charge in [0, 0.05) is 22.0 Å². The van der Waals surface area contributed by atoms with Crippen LogP contribution in [0.5, 0.6) is 0 Å². The predicted molar refractivity (Wildman–Crippen MR) is 47.3 cm³/mol. The third kappa shape index (κ3) is 3.23. The van der Waals surface area contributed by atoms with Gasteiger partial charge in [-0.05, 0) is 13.8 Å². The van der Waals surface area contributed by atoms with Crippen LogP contribution in [0.1, 0.15) is 21.6 Å². The Labute approximate surface area is 80.5 Å². The normalized spacial score (nSPS) is 30.5. The first-order valence-electron chi connectivity index (χ1n) is 4.87. The van der Waals surface area contributed by atoms with Gasteiger partial charge < -0.3 is 18.9 Å². The van der Waals surface area contributed by atoms with E-state index in [2.05, 4.69) is 0 Å². The Balaban J connectivity index is 2.50. The molecule has 1 heterocycles. The van der Waals surface area contributed by atoms with Crippen LogP contribution in [0.3, 0.4) is 0 Å². The Morgan fingerprint density at radius 3 is 2.54 bits per heavy atom. The molecule has 1 aliphatic heterocycles. The van der Waals surface area contributed by atoms with Gasteiger partial charge in [0.2, 0.25) is 0 Å². The number of methoxy groups -OCH3 is 2. The van der Waals surface area contributed by atoms with Gasteiger partial charge >= 0.3 is 0 Å². The highest BCUT2D eigenvalue weighted by Crippen LogP contribution is 2.25. The highest BCUT2D eigenvalue weighted by atomic mass is 16.7. The van der Waals surface area contributed by atoms with E-state index in [1.807, 2.05) is 13.8 Å². The van der Waals surface area contributed by atoms with E-state index in [1.54, 1.807) is 0 Å². The first kappa shape index (κ1) is 9.40. The van der Waals surface area contributed by atoms with Crippen molar-refractivity contribution in [3.63, 3.8) is 0 Å².